The predicted octanol–water partition coefficient (Wildman–Crippen LogP) is 5.90. The lowest BCUT2D eigenvalue weighted by Crippen LogP contribution is -2.22. The van der Waals surface area contributed by atoms with Gasteiger partial charge < -0.3 is 10.1 Å². The molecule has 1 heterocycles. The van der Waals surface area contributed by atoms with Crippen molar-refractivity contribution in [3.8, 4) is 5.75 Å². The Balaban J connectivity index is 1.81. The first kappa shape index (κ1) is 19.8. The number of amides is 1. The van der Waals surface area contributed by atoms with Gasteiger partial charge in [0.05, 0.1) is 4.47 Å². The molecule has 0 spiro atoms. The van der Waals surface area contributed by atoms with Crippen molar-refractivity contribution in [2.75, 3.05) is 11.9 Å². The highest BCUT2D eigenvalue weighted by atomic mass is 79.9. The molecular formula is C21H20Br2N2O2. The predicted molar refractivity (Wildman–Crippen MR) is 116 cm³/mol. The first-order chi connectivity index (χ1) is 13.0. The Morgan fingerprint density at radius 2 is 1.78 bits per heavy atom. The molecule has 0 aliphatic rings. The van der Waals surface area contributed by atoms with Gasteiger partial charge in [-0.15, -0.1) is 0 Å². The van der Waals surface area contributed by atoms with E-state index in [-0.39, 0.29) is 12.5 Å². The van der Waals surface area contributed by atoms with Crippen molar-refractivity contribution in [3.63, 3.8) is 0 Å². The number of ether oxygens (including phenoxy) is 1. The topological polar surface area (TPSA) is 51.2 Å². The molecule has 4 nitrogen and oxygen atoms in total. The molecule has 0 fully saturated rings. The van der Waals surface area contributed by atoms with E-state index in [1.807, 2.05) is 36.4 Å². The van der Waals surface area contributed by atoms with Gasteiger partial charge in [0.1, 0.15) is 5.52 Å². The van der Waals surface area contributed by atoms with Gasteiger partial charge in [-0.05, 0) is 52.0 Å². The maximum Gasteiger partial charge on any atom is 0.262 e. The number of benzene rings is 2. The molecule has 1 aromatic heterocycles. The third-order valence-corrected chi connectivity index (χ3v) is 5.61. The lowest BCUT2D eigenvalue weighted by molar-refractivity contribution is -0.118. The summed E-state index contributed by atoms with van der Waals surface area (Å²) in [5.74, 6) is 0.368. The number of nitrogens with zero attached hydrogens (tertiary/aromatic N) is 1. The molecule has 6 heteroatoms. The zero-order valence-corrected chi connectivity index (χ0v) is 18.4. The van der Waals surface area contributed by atoms with Crippen LogP contribution in [0.5, 0.6) is 5.75 Å². The number of aryl methyl sites for hydroxylation is 2. The lowest BCUT2D eigenvalue weighted by Gasteiger charge is -2.15. The molecule has 140 valence electrons. The quantitative estimate of drug-likeness (QED) is 0.466. The molecular weight excluding hydrogens is 472 g/mol. The molecule has 0 saturated heterocycles. The monoisotopic (exact) mass is 490 g/mol. The van der Waals surface area contributed by atoms with Crippen molar-refractivity contribution in [1.82, 2.24) is 4.98 Å². The molecule has 3 rings (SSSR count). The van der Waals surface area contributed by atoms with Gasteiger partial charge in [0, 0.05) is 21.7 Å². The Morgan fingerprint density at radius 3 is 2.44 bits per heavy atom. The first-order valence-corrected chi connectivity index (χ1v) is 10.4. The van der Waals surface area contributed by atoms with E-state index in [0.717, 1.165) is 44.0 Å². The number of hydrogen-bond donors (Lipinski definition) is 1. The Hall–Kier alpha value is -1.92. The van der Waals surface area contributed by atoms with Crippen LogP contribution in [0, 0.1) is 0 Å². The summed E-state index contributed by atoms with van der Waals surface area (Å²) < 4.78 is 7.51. The second-order valence-corrected chi connectivity index (χ2v) is 7.77. The Morgan fingerprint density at radius 1 is 1.07 bits per heavy atom. The van der Waals surface area contributed by atoms with Gasteiger partial charge in [0.2, 0.25) is 0 Å². The molecule has 0 aliphatic carbocycles. The van der Waals surface area contributed by atoms with Gasteiger partial charge in [-0.25, -0.2) is 0 Å². The van der Waals surface area contributed by atoms with Crippen molar-refractivity contribution in [1.29, 1.82) is 0 Å². The van der Waals surface area contributed by atoms with E-state index in [1.165, 1.54) is 0 Å². The normalized spacial score (nSPS) is 10.8. The number of carbonyl (C=O) groups is 1. The van der Waals surface area contributed by atoms with Crippen LogP contribution in [-0.2, 0) is 17.6 Å². The fourth-order valence-electron chi connectivity index (χ4n) is 3.00. The van der Waals surface area contributed by atoms with E-state index >= 15 is 0 Å². The lowest BCUT2D eigenvalue weighted by atomic mass is 10.0. The SMILES string of the molecule is CCc1cccc(CC)c1NC(=O)COc1c(Br)cc(Br)c2cccnc12. The van der Waals surface area contributed by atoms with Crippen molar-refractivity contribution < 1.29 is 9.53 Å². The Labute approximate surface area is 175 Å². The molecule has 0 bridgehead atoms. The van der Waals surface area contributed by atoms with Crippen LogP contribution in [0.15, 0.2) is 51.5 Å². The van der Waals surface area contributed by atoms with E-state index in [4.69, 9.17) is 4.74 Å². The molecule has 0 atom stereocenters. The zero-order valence-electron chi connectivity index (χ0n) is 15.2. The highest BCUT2D eigenvalue weighted by molar-refractivity contribution is 9.11. The van der Waals surface area contributed by atoms with Crippen molar-refractivity contribution in [2.45, 2.75) is 26.7 Å². The molecule has 3 aromatic rings. The van der Waals surface area contributed by atoms with Gasteiger partial charge in [-0.1, -0.05) is 54.0 Å². The summed E-state index contributed by atoms with van der Waals surface area (Å²) >= 11 is 7.04. The highest BCUT2D eigenvalue weighted by Gasteiger charge is 2.15. The van der Waals surface area contributed by atoms with Crippen LogP contribution in [-0.4, -0.2) is 17.5 Å². The zero-order chi connectivity index (χ0) is 19.4. The number of carbonyl (C=O) groups excluding carboxylic acids is 1. The molecule has 1 amide bonds. The molecule has 2 aromatic carbocycles. The smallest absolute Gasteiger partial charge is 0.262 e. The number of pyridine rings is 1. The Kier molecular flexibility index (Phi) is 6.50. The van der Waals surface area contributed by atoms with E-state index < -0.39 is 0 Å². The number of fused-ring (bicyclic) bond motifs is 1. The van der Waals surface area contributed by atoms with Gasteiger partial charge in [0.25, 0.3) is 5.91 Å². The van der Waals surface area contributed by atoms with Gasteiger partial charge in [-0.2, -0.15) is 0 Å². The Bertz CT molecular complexity index is 967. The number of anilines is 1. The summed E-state index contributed by atoms with van der Waals surface area (Å²) in [4.78, 5) is 17.0. The second kappa shape index (κ2) is 8.85. The summed E-state index contributed by atoms with van der Waals surface area (Å²) in [6.07, 6.45) is 3.42. The molecule has 0 radical (unpaired) electrons. The van der Waals surface area contributed by atoms with Crippen molar-refractivity contribution >= 4 is 54.4 Å². The van der Waals surface area contributed by atoms with Crippen LogP contribution in [0.25, 0.3) is 10.9 Å². The third kappa shape index (κ3) is 4.33. The molecule has 1 N–H and O–H groups in total. The summed E-state index contributed by atoms with van der Waals surface area (Å²) in [5.41, 5.74) is 3.85. The maximum atomic E-state index is 12.6. The van der Waals surface area contributed by atoms with E-state index in [2.05, 4.69) is 56.0 Å². The molecule has 0 unspecified atom stereocenters. The summed E-state index contributed by atoms with van der Waals surface area (Å²) in [6, 6.07) is 11.8. The van der Waals surface area contributed by atoms with Crippen LogP contribution < -0.4 is 10.1 Å². The van der Waals surface area contributed by atoms with Crippen LogP contribution in [0.2, 0.25) is 0 Å². The molecule has 0 saturated carbocycles. The van der Waals surface area contributed by atoms with Crippen molar-refractivity contribution in [3.05, 3.63) is 62.7 Å². The van der Waals surface area contributed by atoms with Crippen molar-refractivity contribution in [2.24, 2.45) is 0 Å². The number of nitrogens with one attached hydrogen (secondary N) is 1. The number of hydrogen-bond acceptors (Lipinski definition) is 3. The van der Waals surface area contributed by atoms with E-state index in [9.17, 15) is 4.79 Å². The van der Waals surface area contributed by atoms with Crippen LogP contribution in [0.3, 0.4) is 0 Å². The van der Waals surface area contributed by atoms with Crippen LogP contribution >= 0.6 is 31.9 Å². The average molecular weight is 492 g/mol. The fraction of sp³-hybridized carbons (Fsp3) is 0.238. The minimum absolute atomic E-state index is 0.0902. The van der Waals surface area contributed by atoms with Crippen LogP contribution in [0.1, 0.15) is 25.0 Å². The van der Waals surface area contributed by atoms with E-state index in [1.54, 1.807) is 6.20 Å². The minimum atomic E-state index is -0.190. The summed E-state index contributed by atoms with van der Waals surface area (Å²) in [7, 11) is 0. The fourth-order valence-corrected chi connectivity index (χ4v) is 4.39. The molecule has 0 aliphatic heterocycles. The number of aromatic nitrogens is 1. The largest absolute Gasteiger partial charge is 0.480 e. The number of para-hydroxylation sites is 1. The van der Waals surface area contributed by atoms with Gasteiger partial charge >= 0.3 is 0 Å². The van der Waals surface area contributed by atoms with Gasteiger partial charge in [0.15, 0.2) is 12.4 Å². The minimum Gasteiger partial charge on any atom is -0.480 e. The third-order valence-electron chi connectivity index (χ3n) is 4.36. The van der Waals surface area contributed by atoms with Gasteiger partial charge in [-0.3, -0.25) is 9.78 Å². The average Bonchev–Trinajstić information content (AvgIpc) is 2.68. The molecule has 27 heavy (non-hydrogen) atoms. The second-order valence-electron chi connectivity index (χ2n) is 6.06. The number of halogens is 2. The summed E-state index contributed by atoms with van der Waals surface area (Å²) in [6.45, 7) is 4.07. The van der Waals surface area contributed by atoms with E-state index in [0.29, 0.717) is 11.3 Å². The standard InChI is InChI=1S/C21H20Br2N2O2/c1-3-13-7-5-8-14(4-2)19(13)25-18(26)12-27-21-17(23)11-16(22)15-9-6-10-24-20(15)21/h5-11H,3-4,12H2,1-2H3,(H,25,26). The number of rotatable bonds is 6. The maximum absolute atomic E-state index is 12.6. The summed E-state index contributed by atoms with van der Waals surface area (Å²) in [5, 5.41) is 3.95. The van der Waals surface area contributed by atoms with Crippen LogP contribution in [0.4, 0.5) is 5.69 Å². The highest BCUT2D eigenvalue weighted by Crippen LogP contribution is 2.37. The first-order valence-electron chi connectivity index (χ1n) is 8.81.